The van der Waals surface area contributed by atoms with E-state index in [1.54, 1.807) is 0 Å². The number of oxime groups is 1. The van der Waals surface area contributed by atoms with Crippen molar-refractivity contribution in [2.45, 2.75) is 12.2 Å². The topological polar surface area (TPSA) is 68.1 Å². The molecule has 0 aromatic heterocycles. The molecule has 1 N–H and O–H groups in total. The maximum Gasteiger partial charge on any atom is 0.506 e. The predicted octanol–water partition coefficient (Wildman–Crippen LogP) is 1.81. The Morgan fingerprint density at radius 3 is 2.80 bits per heavy atom. The second kappa shape index (κ2) is 4.00. The summed E-state index contributed by atoms with van der Waals surface area (Å²) in [7, 11) is 0. The van der Waals surface area contributed by atoms with Gasteiger partial charge in [0, 0.05) is 0 Å². The van der Waals surface area contributed by atoms with Gasteiger partial charge in [-0.2, -0.15) is 0 Å². The van der Waals surface area contributed by atoms with Gasteiger partial charge in [-0.3, -0.25) is 0 Å². The number of carbonyl (C=O) groups is 1. The van der Waals surface area contributed by atoms with Gasteiger partial charge in [0.1, 0.15) is 0 Å². The molecular formula is C10H9NO4. The van der Waals surface area contributed by atoms with Crippen molar-refractivity contribution in [2.24, 2.45) is 5.16 Å². The summed E-state index contributed by atoms with van der Waals surface area (Å²) in [6, 6.07) is 9.21. The molecule has 78 valence electrons. The summed E-state index contributed by atoms with van der Waals surface area (Å²) in [5, 5.41) is 12.1. The van der Waals surface area contributed by atoms with E-state index in [1.165, 1.54) is 6.21 Å². The van der Waals surface area contributed by atoms with Crippen molar-refractivity contribution < 1.29 is 19.5 Å². The Bertz CT molecular complexity index is 376. The van der Waals surface area contributed by atoms with Crippen molar-refractivity contribution >= 4 is 12.4 Å². The molecule has 0 spiro atoms. The second-order valence-electron chi connectivity index (χ2n) is 3.04. The van der Waals surface area contributed by atoms with Crippen LogP contribution in [0.4, 0.5) is 4.79 Å². The molecular weight excluding hydrogens is 198 g/mol. The van der Waals surface area contributed by atoms with E-state index in [0.29, 0.717) is 0 Å². The van der Waals surface area contributed by atoms with E-state index >= 15 is 0 Å². The molecule has 5 heteroatoms. The zero-order valence-corrected chi connectivity index (χ0v) is 7.74. The summed E-state index contributed by atoms with van der Waals surface area (Å²) >= 11 is 0. The van der Waals surface area contributed by atoms with E-state index in [4.69, 9.17) is 9.94 Å². The van der Waals surface area contributed by atoms with Crippen LogP contribution in [0.5, 0.6) is 0 Å². The number of rotatable bonds is 2. The van der Waals surface area contributed by atoms with E-state index in [1.807, 2.05) is 30.3 Å². The third-order valence-corrected chi connectivity index (χ3v) is 2.05. The van der Waals surface area contributed by atoms with Crippen LogP contribution in [-0.4, -0.2) is 23.6 Å². The van der Waals surface area contributed by atoms with Crippen molar-refractivity contribution in [3.05, 3.63) is 35.9 Å². The van der Waals surface area contributed by atoms with E-state index in [9.17, 15) is 4.79 Å². The molecule has 1 aromatic carbocycles. The summed E-state index contributed by atoms with van der Waals surface area (Å²) in [6.45, 7) is 0. The number of nitrogens with zero attached hydrogens (tertiary/aromatic N) is 1. The third kappa shape index (κ3) is 2.07. The lowest BCUT2D eigenvalue weighted by molar-refractivity contribution is -0.00547. The fraction of sp³-hybridized carbons (Fsp3) is 0.200. The minimum atomic E-state index is -1.34. The summed E-state index contributed by atoms with van der Waals surface area (Å²) in [5.41, 5.74) is 0.834. The number of hydrogen-bond donors (Lipinski definition) is 1. The standard InChI is InChI=1S/C10H9NO4/c12-10(13)14-8-6-11-15-9(8)7-4-2-1-3-5-7/h1-6,8-9H,(H,12,13). The number of carboxylic acid groups (broad SMARTS) is 1. The maximum atomic E-state index is 10.4. The highest BCUT2D eigenvalue weighted by Gasteiger charge is 2.31. The molecule has 2 atom stereocenters. The highest BCUT2D eigenvalue weighted by atomic mass is 16.7. The molecule has 0 saturated heterocycles. The van der Waals surface area contributed by atoms with E-state index in [0.717, 1.165) is 5.56 Å². The van der Waals surface area contributed by atoms with Crippen LogP contribution < -0.4 is 0 Å². The molecule has 15 heavy (non-hydrogen) atoms. The van der Waals surface area contributed by atoms with E-state index in [-0.39, 0.29) is 0 Å². The highest BCUT2D eigenvalue weighted by molar-refractivity contribution is 5.70. The lowest BCUT2D eigenvalue weighted by atomic mass is 10.1. The van der Waals surface area contributed by atoms with Gasteiger partial charge in [0.25, 0.3) is 0 Å². The van der Waals surface area contributed by atoms with Crippen LogP contribution in [0.2, 0.25) is 0 Å². The molecule has 1 aliphatic rings. The smallest absolute Gasteiger partial charge is 0.450 e. The molecule has 0 amide bonds. The van der Waals surface area contributed by atoms with Crippen molar-refractivity contribution in [3.63, 3.8) is 0 Å². The fourth-order valence-corrected chi connectivity index (χ4v) is 1.40. The zero-order chi connectivity index (χ0) is 10.7. The molecule has 5 nitrogen and oxygen atoms in total. The molecule has 2 unspecified atom stereocenters. The van der Waals surface area contributed by atoms with Crippen molar-refractivity contribution in [2.75, 3.05) is 0 Å². The van der Waals surface area contributed by atoms with Crippen LogP contribution in [0.1, 0.15) is 11.7 Å². The summed E-state index contributed by atoms with van der Waals surface area (Å²) in [4.78, 5) is 15.4. The molecule has 0 fully saturated rings. The zero-order valence-electron chi connectivity index (χ0n) is 7.74. The number of benzene rings is 1. The maximum absolute atomic E-state index is 10.4. The Morgan fingerprint density at radius 1 is 1.40 bits per heavy atom. The lowest BCUT2D eigenvalue weighted by Gasteiger charge is -2.15. The van der Waals surface area contributed by atoms with E-state index < -0.39 is 18.4 Å². The predicted molar refractivity (Wildman–Crippen MR) is 51.7 cm³/mol. The molecule has 0 bridgehead atoms. The molecule has 1 heterocycles. The van der Waals surface area contributed by atoms with Gasteiger partial charge in [-0.05, 0) is 5.56 Å². The highest BCUT2D eigenvalue weighted by Crippen LogP contribution is 2.26. The Labute approximate surface area is 85.9 Å². The molecule has 1 aliphatic heterocycles. The lowest BCUT2D eigenvalue weighted by Crippen LogP contribution is -2.23. The average Bonchev–Trinajstić information content (AvgIpc) is 2.66. The van der Waals surface area contributed by atoms with Gasteiger partial charge in [-0.15, -0.1) is 0 Å². The van der Waals surface area contributed by atoms with Crippen LogP contribution in [0.25, 0.3) is 0 Å². The molecule has 0 saturated carbocycles. The van der Waals surface area contributed by atoms with Crippen LogP contribution in [0.3, 0.4) is 0 Å². The summed E-state index contributed by atoms with van der Waals surface area (Å²) < 4.78 is 4.62. The largest absolute Gasteiger partial charge is 0.506 e. The van der Waals surface area contributed by atoms with Crippen molar-refractivity contribution in [3.8, 4) is 0 Å². The summed E-state index contributed by atoms with van der Waals surface area (Å²) in [5.74, 6) is 0. The van der Waals surface area contributed by atoms with Gasteiger partial charge in [-0.1, -0.05) is 35.5 Å². The van der Waals surface area contributed by atoms with Crippen molar-refractivity contribution in [1.29, 1.82) is 0 Å². The van der Waals surface area contributed by atoms with E-state index in [2.05, 4.69) is 9.89 Å². The first-order valence-corrected chi connectivity index (χ1v) is 4.41. The molecule has 0 radical (unpaired) electrons. The van der Waals surface area contributed by atoms with Gasteiger partial charge in [0.15, 0.2) is 12.2 Å². The van der Waals surface area contributed by atoms with Crippen molar-refractivity contribution in [1.82, 2.24) is 0 Å². The Kier molecular flexibility index (Phi) is 2.53. The molecule has 0 aliphatic carbocycles. The van der Waals surface area contributed by atoms with Crippen LogP contribution in [0.15, 0.2) is 35.5 Å². The first kappa shape index (κ1) is 9.51. The van der Waals surface area contributed by atoms with Gasteiger partial charge in [0.05, 0.1) is 6.21 Å². The van der Waals surface area contributed by atoms with Gasteiger partial charge < -0.3 is 14.7 Å². The van der Waals surface area contributed by atoms with Crippen LogP contribution in [-0.2, 0) is 9.57 Å². The third-order valence-electron chi connectivity index (χ3n) is 2.05. The first-order valence-electron chi connectivity index (χ1n) is 4.41. The quantitative estimate of drug-likeness (QED) is 0.751. The number of hydrogen-bond acceptors (Lipinski definition) is 4. The number of ether oxygens (including phenoxy) is 1. The Balaban J connectivity index is 2.13. The fourth-order valence-electron chi connectivity index (χ4n) is 1.40. The van der Waals surface area contributed by atoms with Gasteiger partial charge >= 0.3 is 6.16 Å². The van der Waals surface area contributed by atoms with Gasteiger partial charge in [0.2, 0.25) is 0 Å². The monoisotopic (exact) mass is 207 g/mol. The van der Waals surface area contributed by atoms with Crippen LogP contribution >= 0.6 is 0 Å². The molecule has 1 aromatic rings. The Hall–Kier alpha value is -2.04. The minimum absolute atomic E-state index is 0.484. The molecule has 2 rings (SSSR count). The minimum Gasteiger partial charge on any atom is -0.450 e. The Morgan fingerprint density at radius 2 is 2.13 bits per heavy atom. The second-order valence-corrected chi connectivity index (χ2v) is 3.04. The normalized spacial score (nSPS) is 23.5. The summed E-state index contributed by atoms with van der Waals surface area (Å²) in [6.07, 6.45) is -1.16. The van der Waals surface area contributed by atoms with Crippen LogP contribution in [0, 0.1) is 0 Å². The first-order chi connectivity index (χ1) is 7.27. The SMILES string of the molecule is O=C(O)OC1C=NOC1c1ccccc1. The average molecular weight is 207 g/mol. The van der Waals surface area contributed by atoms with Gasteiger partial charge in [-0.25, -0.2) is 4.79 Å².